The molecule has 1 amide bonds. The first-order valence-corrected chi connectivity index (χ1v) is 8.64. The number of hydrogen-bond acceptors (Lipinski definition) is 5. The number of amides is 1. The average molecular weight is 333 g/mol. The van der Waals surface area contributed by atoms with Gasteiger partial charge in [-0.05, 0) is 30.9 Å². The summed E-state index contributed by atoms with van der Waals surface area (Å²) in [5.41, 5.74) is 0.529. The first-order chi connectivity index (χ1) is 11.5. The van der Waals surface area contributed by atoms with E-state index in [0.717, 1.165) is 12.8 Å². The quantitative estimate of drug-likeness (QED) is 0.797. The number of anilines is 1. The third-order valence-electron chi connectivity index (χ3n) is 4.20. The summed E-state index contributed by atoms with van der Waals surface area (Å²) in [6, 6.07) is 3.46. The molecule has 2 heterocycles. The summed E-state index contributed by atoms with van der Waals surface area (Å²) < 4.78 is 0. The van der Waals surface area contributed by atoms with Gasteiger partial charge in [-0.3, -0.25) is 9.59 Å². The van der Waals surface area contributed by atoms with Crippen molar-refractivity contribution in [2.24, 2.45) is 11.8 Å². The number of aliphatic hydroxyl groups is 1. The number of carbonyl (C=O) groups excluding carboxylic acids is 2. The molecule has 24 heavy (non-hydrogen) atoms. The number of pyridine rings is 1. The van der Waals surface area contributed by atoms with Gasteiger partial charge in [0, 0.05) is 38.2 Å². The van der Waals surface area contributed by atoms with Crippen LogP contribution in [0.3, 0.4) is 0 Å². The lowest BCUT2D eigenvalue weighted by Crippen LogP contribution is -2.42. The van der Waals surface area contributed by atoms with Crippen LogP contribution in [-0.2, 0) is 4.79 Å². The van der Waals surface area contributed by atoms with Gasteiger partial charge < -0.3 is 15.3 Å². The average Bonchev–Trinajstić information content (AvgIpc) is 2.59. The van der Waals surface area contributed by atoms with Crippen LogP contribution in [0.2, 0.25) is 0 Å². The van der Waals surface area contributed by atoms with Crippen LogP contribution < -0.4 is 5.32 Å². The van der Waals surface area contributed by atoms with Gasteiger partial charge in [0.15, 0.2) is 0 Å². The van der Waals surface area contributed by atoms with Gasteiger partial charge in [-0.25, -0.2) is 4.98 Å². The predicted molar refractivity (Wildman–Crippen MR) is 92.9 cm³/mol. The number of ketones is 1. The lowest BCUT2D eigenvalue weighted by atomic mass is 9.89. The molecule has 1 aliphatic rings. The number of rotatable bonds is 7. The van der Waals surface area contributed by atoms with Crippen molar-refractivity contribution in [3.05, 3.63) is 23.9 Å². The summed E-state index contributed by atoms with van der Waals surface area (Å²) in [6.45, 7) is 5.74. The van der Waals surface area contributed by atoms with Crippen LogP contribution >= 0.6 is 0 Å². The van der Waals surface area contributed by atoms with Gasteiger partial charge in [0.1, 0.15) is 11.6 Å². The van der Waals surface area contributed by atoms with Crippen molar-refractivity contribution in [3.63, 3.8) is 0 Å². The van der Waals surface area contributed by atoms with Crippen LogP contribution in [0.15, 0.2) is 18.3 Å². The van der Waals surface area contributed by atoms with Crippen LogP contribution in [0, 0.1) is 11.8 Å². The standard InChI is InChI=1S/C18H27N3O3/c1-13(2)10-16(23)15-4-3-8-21(12-15)18(24)14-5-6-17(20-11-14)19-7-9-22/h5-6,11,13,15,22H,3-4,7-10,12H2,1-2H3,(H,19,20). The number of aromatic nitrogens is 1. The van der Waals surface area contributed by atoms with Crippen molar-refractivity contribution < 1.29 is 14.7 Å². The number of likely N-dealkylation sites (tertiary alicyclic amines) is 1. The highest BCUT2D eigenvalue weighted by molar-refractivity contribution is 5.94. The molecule has 0 bridgehead atoms. The van der Waals surface area contributed by atoms with E-state index < -0.39 is 0 Å². The van der Waals surface area contributed by atoms with Crippen molar-refractivity contribution >= 4 is 17.5 Å². The minimum atomic E-state index is -0.0711. The molecule has 2 N–H and O–H groups in total. The largest absolute Gasteiger partial charge is 0.395 e. The molecule has 1 aromatic heterocycles. The third kappa shape index (κ3) is 5.03. The van der Waals surface area contributed by atoms with Crippen LogP contribution in [0.4, 0.5) is 5.82 Å². The molecule has 0 aromatic carbocycles. The maximum absolute atomic E-state index is 12.6. The second-order valence-electron chi connectivity index (χ2n) is 6.74. The Hall–Kier alpha value is -1.95. The molecule has 0 spiro atoms. The van der Waals surface area contributed by atoms with Crippen molar-refractivity contribution in [3.8, 4) is 0 Å². The topological polar surface area (TPSA) is 82.5 Å². The molecular weight excluding hydrogens is 306 g/mol. The fourth-order valence-corrected chi connectivity index (χ4v) is 2.98. The lowest BCUT2D eigenvalue weighted by Gasteiger charge is -2.32. The molecule has 1 atom stereocenters. The maximum atomic E-state index is 12.6. The molecule has 6 heteroatoms. The van der Waals surface area contributed by atoms with Gasteiger partial charge >= 0.3 is 0 Å². The highest BCUT2D eigenvalue weighted by atomic mass is 16.3. The van der Waals surface area contributed by atoms with E-state index in [1.165, 1.54) is 0 Å². The Morgan fingerprint density at radius 3 is 2.83 bits per heavy atom. The van der Waals surface area contributed by atoms with E-state index in [9.17, 15) is 9.59 Å². The second kappa shape index (κ2) is 8.78. The minimum absolute atomic E-state index is 0.0297. The molecular formula is C18H27N3O3. The Morgan fingerprint density at radius 2 is 2.21 bits per heavy atom. The first kappa shape index (κ1) is 18.4. The van der Waals surface area contributed by atoms with Crippen molar-refractivity contribution in [1.82, 2.24) is 9.88 Å². The molecule has 1 unspecified atom stereocenters. The Morgan fingerprint density at radius 1 is 1.42 bits per heavy atom. The first-order valence-electron chi connectivity index (χ1n) is 8.64. The number of nitrogens with zero attached hydrogens (tertiary/aromatic N) is 2. The molecule has 0 saturated carbocycles. The molecule has 2 rings (SSSR count). The number of carbonyl (C=O) groups is 2. The lowest BCUT2D eigenvalue weighted by molar-refractivity contribution is -0.124. The smallest absolute Gasteiger partial charge is 0.255 e. The van der Waals surface area contributed by atoms with E-state index in [0.29, 0.717) is 43.4 Å². The Labute approximate surface area is 143 Å². The molecule has 1 saturated heterocycles. The summed E-state index contributed by atoms with van der Waals surface area (Å²) in [5.74, 6) is 1.14. The van der Waals surface area contributed by atoms with Crippen LogP contribution in [0.1, 0.15) is 43.5 Å². The summed E-state index contributed by atoms with van der Waals surface area (Å²) in [4.78, 5) is 30.9. The van der Waals surface area contributed by atoms with Crippen LogP contribution in [-0.4, -0.2) is 52.9 Å². The Bertz CT molecular complexity index is 557. The fraction of sp³-hybridized carbons (Fsp3) is 0.611. The molecule has 132 valence electrons. The molecule has 1 fully saturated rings. The maximum Gasteiger partial charge on any atom is 0.255 e. The van der Waals surface area contributed by atoms with E-state index in [1.807, 2.05) is 13.8 Å². The number of aliphatic hydroxyl groups excluding tert-OH is 1. The second-order valence-corrected chi connectivity index (χ2v) is 6.74. The zero-order valence-corrected chi connectivity index (χ0v) is 14.5. The zero-order chi connectivity index (χ0) is 17.5. The molecule has 1 aromatic rings. The molecule has 1 aliphatic heterocycles. The predicted octanol–water partition coefficient (Wildman–Crippen LogP) is 1.95. The van der Waals surface area contributed by atoms with Gasteiger partial charge in [-0.1, -0.05) is 13.8 Å². The van der Waals surface area contributed by atoms with Gasteiger partial charge in [-0.15, -0.1) is 0 Å². The Balaban J connectivity index is 1.97. The summed E-state index contributed by atoms with van der Waals surface area (Å²) in [6.07, 6.45) is 3.86. The Kier molecular flexibility index (Phi) is 6.73. The van der Waals surface area contributed by atoms with Crippen molar-refractivity contribution in [2.45, 2.75) is 33.1 Å². The molecule has 0 radical (unpaired) electrons. The molecule has 6 nitrogen and oxygen atoms in total. The van der Waals surface area contributed by atoms with E-state index in [1.54, 1.807) is 23.2 Å². The third-order valence-corrected chi connectivity index (χ3v) is 4.20. The normalized spacial score (nSPS) is 17.8. The van der Waals surface area contributed by atoms with E-state index in [-0.39, 0.29) is 24.2 Å². The summed E-state index contributed by atoms with van der Waals surface area (Å²) in [5, 5.41) is 11.7. The number of Topliss-reactive ketones (excluding diaryl/α,β-unsaturated/α-hetero) is 1. The van der Waals surface area contributed by atoms with Gasteiger partial charge in [0.25, 0.3) is 5.91 Å². The van der Waals surface area contributed by atoms with Gasteiger partial charge in [0.05, 0.1) is 12.2 Å². The van der Waals surface area contributed by atoms with Crippen molar-refractivity contribution in [1.29, 1.82) is 0 Å². The van der Waals surface area contributed by atoms with Crippen molar-refractivity contribution in [2.75, 3.05) is 31.6 Å². The fourth-order valence-electron chi connectivity index (χ4n) is 2.98. The summed E-state index contributed by atoms with van der Waals surface area (Å²) >= 11 is 0. The van der Waals surface area contributed by atoms with Crippen LogP contribution in [0.5, 0.6) is 0 Å². The number of piperidine rings is 1. The van der Waals surface area contributed by atoms with Gasteiger partial charge in [-0.2, -0.15) is 0 Å². The minimum Gasteiger partial charge on any atom is -0.395 e. The highest BCUT2D eigenvalue weighted by Crippen LogP contribution is 2.22. The summed E-state index contributed by atoms with van der Waals surface area (Å²) in [7, 11) is 0. The number of hydrogen-bond donors (Lipinski definition) is 2. The molecule has 0 aliphatic carbocycles. The monoisotopic (exact) mass is 333 g/mol. The number of nitrogens with one attached hydrogen (secondary N) is 1. The SMILES string of the molecule is CC(C)CC(=O)C1CCCN(C(=O)c2ccc(NCCO)nc2)C1. The van der Waals surface area contributed by atoms with Crippen LogP contribution in [0.25, 0.3) is 0 Å². The van der Waals surface area contributed by atoms with E-state index in [2.05, 4.69) is 10.3 Å². The zero-order valence-electron chi connectivity index (χ0n) is 14.5. The van der Waals surface area contributed by atoms with E-state index >= 15 is 0 Å². The van der Waals surface area contributed by atoms with Gasteiger partial charge in [0.2, 0.25) is 0 Å². The van der Waals surface area contributed by atoms with E-state index in [4.69, 9.17) is 5.11 Å². The highest BCUT2D eigenvalue weighted by Gasteiger charge is 2.29.